The standard InChI is InChI=1S/C18H23NO3S/c1-13(2)22-17-7-5-6-16(11-17)12-19-23(20,21)18-10-14(3)8-9-15(18)4/h5-11,13,19H,12H2,1-4H3. The normalized spacial score (nSPS) is 11.7. The Morgan fingerprint density at radius 2 is 1.83 bits per heavy atom. The molecule has 0 aromatic heterocycles. The minimum atomic E-state index is -3.54. The highest BCUT2D eigenvalue weighted by Gasteiger charge is 2.16. The number of benzene rings is 2. The molecule has 0 unspecified atom stereocenters. The molecule has 5 heteroatoms. The van der Waals surface area contributed by atoms with Crippen molar-refractivity contribution in [1.82, 2.24) is 4.72 Å². The van der Waals surface area contributed by atoms with Crippen LogP contribution in [0.1, 0.15) is 30.5 Å². The van der Waals surface area contributed by atoms with Crippen LogP contribution in [0.2, 0.25) is 0 Å². The van der Waals surface area contributed by atoms with E-state index in [0.717, 1.165) is 22.4 Å². The molecule has 0 radical (unpaired) electrons. The molecule has 0 atom stereocenters. The molecule has 0 amide bonds. The molecule has 0 spiro atoms. The maximum absolute atomic E-state index is 12.5. The number of hydrogen-bond donors (Lipinski definition) is 1. The molecule has 23 heavy (non-hydrogen) atoms. The fourth-order valence-electron chi connectivity index (χ4n) is 2.25. The molecule has 4 nitrogen and oxygen atoms in total. The van der Waals surface area contributed by atoms with Crippen LogP contribution in [0.4, 0.5) is 0 Å². The van der Waals surface area contributed by atoms with Gasteiger partial charge in [-0.25, -0.2) is 13.1 Å². The van der Waals surface area contributed by atoms with Gasteiger partial charge >= 0.3 is 0 Å². The van der Waals surface area contributed by atoms with Gasteiger partial charge in [-0.2, -0.15) is 0 Å². The van der Waals surface area contributed by atoms with Crippen molar-refractivity contribution >= 4 is 10.0 Å². The van der Waals surface area contributed by atoms with Crippen LogP contribution in [0.25, 0.3) is 0 Å². The molecular formula is C18H23NO3S. The minimum absolute atomic E-state index is 0.0804. The Hall–Kier alpha value is -1.85. The van der Waals surface area contributed by atoms with Crippen molar-refractivity contribution in [3.8, 4) is 5.75 Å². The molecule has 0 saturated carbocycles. The highest BCUT2D eigenvalue weighted by Crippen LogP contribution is 2.18. The zero-order valence-electron chi connectivity index (χ0n) is 14.0. The number of rotatable bonds is 6. The lowest BCUT2D eigenvalue weighted by Crippen LogP contribution is -2.24. The van der Waals surface area contributed by atoms with Crippen LogP contribution >= 0.6 is 0 Å². The van der Waals surface area contributed by atoms with E-state index in [9.17, 15) is 8.42 Å². The molecule has 2 rings (SSSR count). The summed E-state index contributed by atoms with van der Waals surface area (Å²) in [5.41, 5.74) is 2.51. The van der Waals surface area contributed by atoms with E-state index in [0.29, 0.717) is 4.90 Å². The zero-order valence-corrected chi connectivity index (χ0v) is 14.8. The van der Waals surface area contributed by atoms with E-state index in [1.165, 1.54) is 0 Å². The van der Waals surface area contributed by atoms with Crippen molar-refractivity contribution < 1.29 is 13.2 Å². The number of aryl methyl sites for hydroxylation is 2. The lowest BCUT2D eigenvalue weighted by atomic mass is 10.2. The molecule has 0 fully saturated rings. The Bertz CT molecular complexity index is 783. The van der Waals surface area contributed by atoms with Crippen LogP contribution in [-0.2, 0) is 16.6 Å². The minimum Gasteiger partial charge on any atom is -0.491 e. The van der Waals surface area contributed by atoms with Crippen LogP contribution in [0.15, 0.2) is 47.4 Å². The number of sulfonamides is 1. The molecule has 0 aliphatic carbocycles. The molecule has 2 aromatic rings. The molecule has 0 heterocycles. The first-order valence-electron chi connectivity index (χ1n) is 7.60. The predicted molar refractivity (Wildman–Crippen MR) is 92.1 cm³/mol. The summed E-state index contributed by atoms with van der Waals surface area (Å²) in [5, 5.41) is 0. The maximum Gasteiger partial charge on any atom is 0.241 e. The molecule has 0 saturated heterocycles. The summed E-state index contributed by atoms with van der Waals surface area (Å²) >= 11 is 0. The van der Waals surface area contributed by atoms with Gasteiger partial charge in [0.25, 0.3) is 0 Å². The molecule has 0 bridgehead atoms. The van der Waals surface area contributed by atoms with Crippen LogP contribution in [-0.4, -0.2) is 14.5 Å². The lowest BCUT2D eigenvalue weighted by molar-refractivity contribution is 0.242. The quantitative estimate of drug-likeness (QED) is 0.879. The van der Waals surface area contributed by atoms with E-state index in [-0.39, 0.29) is 12.6 Å². The van der Waals surface area contributed by atoms with Crippen molar-refractivity contribution in [2.75, 3.05) is 0 Å². The summed E-state index contributed by atoms with van der Waals surface area (Å²) in [7, 11) is -3.54. The van der Waals surface area contributed by atoms with Gasteiger partial charge in [0.15, 0.2) is 0 Å². The van der Waals surface area contributed by atoms with E-state index in [1.807, 2.05) is 57.2 Å². The van der Waals surface area contributed by atoms with Gasteiger partial charge in [0.2, 0.25) is 10.0 Å². The molecule has 124 valence electrons. The summed E-state index contributed by atoms with van der Waals surface area (Å²) in [6.07, 6.45) is 0.0804. The van der Waals surface area contributed by atoms with E-state index >= 15 is 0 Å². The fourth-order valence-corrected chi connectivity index (χ4v) is 3.60. The zero-order chi connectivity index (χ0) is 17.0. The second-order valence-electron chi connectivity index (χ2n) is 5.91. The summed E-state index contributed by atoms with van der Waals surface area (Å²) in [6.45, 7) is 7.81. The SMILES string of the molecule is Cc1ccc(C)c(S(=O)(=O)NCc2cccc(OC(C)C)c2)c1. The number of nitrogens with one attached hydrogen (secondary N) is 1. The van der Waals surface area contributed by atoms with E-state index in [2.05, 4.69) is 4.72 Å². The second kappa shape index (κ2) is 7.15. The monoisotopic (exact) mass is 333 g/mol. The lowest BCUT2D eigenvalue weighted by Gasteiger charge is -2.12. The van der Waals surface area contributed by atoms with Gasteiger partial charge in [-0.1, -0.05) is 24.3 Å². The largest absolute Gasteiger partial charge is 0.491 e. The van der Waals surface area contributed by atoms with Crippen molar-refractivity contribution in [3.63, 3.8) is 0 Å². The average Bonchev–Trinajstić information content (AvgIpc) is 2.47. The van der Waals surface area contributed by atoms with Crippen LogP contribution in [0, 0.1) is 13.8 Å². The predicted octanol–water partition coefficient (Wildman–Crippen LogP) is 3.57. The number of hydrogen-bond acceptors (Lipinski definition) is 3. The maximum atomic E-state index is 12.5. The second-order valence-corrected chi connectivity index (χ2v) is 7.64. The van der Waals surface area contributed by atoms with Gasteiger partial charge in [-0.3, -0.25) is 0 Å². The van der Waals surface area contributed by atoms with E-state index in [1.54, 1.807) is 13.0 Å². The van der Waals surface area contributed by atoms with Gasteiger partial charge in [0.1, 0.15) is 5.75 Å². The van der Waals surface area contributed by atoms with Crippen LogP contribution < -0.4 is 9.46 Å². The Morgan fingerprint density at radius 1 is 1.09 bits per heavy atom. The molecule has 2 aromatic carbocycles. The summed E-state index contributed by atoms with van der Waals surface area (Å²) in [6, 6.07) is 12.9. The average molecular weight is 333 g/mol. The highest BCUT2D eigenvalue weighted by molar-refractivity contribution is 7.89. The Balaban J connectivity index is 2.15. The van der Waals surface area contributed by atoms with Gasteiger partial charge in [0, 0.05) is 6.54 Å². The van der Waals surface area contributed by atoms with Crippen molar-refractivity contribution in [2.24, 2.45) is 0 Å². The summed E-state index contributed by atoms with van der Waals surface area (Å²) in [5.74, 6) is 0.739. The fraction of sp³-hybridized carbons (Fsp3) is 0.333. The molecular weight excluding hydrogens is 310 g/mol. The van der Waals surface area contributed by atoms with E-state index in [4.69, 9.17) is 4.74 Å². The Morgan fingerprint density at radius 3 is 2.52 bits per heavy atom. The number of ether oxygens (including phenoxy) is 1. The third-order valence-corrected chi connectivity index (χ3v) is 4.91. The van der Waals surface area contributed by atoms with E-state index < -0.39 is 10.0 Å². The van der Waals surface area contributed by atoms with Gasteiger partial charge in [0.05, 0.1) is 11.0 Å². The molecule has 0 aliphatic heterocycles. The third kappa shape index (κ3) is 4.81. The molecule has 0 aliphatic rings. The van der Waals surface area contributed by atoms with Gasteiger partial charge < -0.3 is 4.74 Å². The summed E-state index contributed by atoms with van der Waals surface area (Å²) in [4.78, 5) is 0.326. The molecule has 1 N–H and O–H groups in total. The van der Waals surface area contributed by atoms with Crippen molar-refractivity contribution in [2.45, 2.75) is 45.2 Å². The van der Waals surface area contributed by atoms with Crippen LogP contribution in [0.3, 0.4) is 0 Å². The third-order valence-electron chi connectivity index (χ3n) is 3.37. The Kier molecular flexibility index (Phi) is 5.44. The van der Waals surface area contributed by atoms with Crippen LogP contribution in [0.5, 0.6) is 5.75 Å². The first-order valence-corrected chi connectivity index (χ1v) is 9.09. The topological polar surface area (TPSA) is 55.4 Å². The Labute approximate surface area is 138 Å². The smallest absolute Gasteiger partial charge is 0.241 e. The first kappa shape index (κ1) is 17.5. The summed E-state index contributed by atoms with van der Waals surface area (Å²) < 4.78 is 33.3. The van der Waals surface area contributed by atoms with Crippen molar-refractivity contribution in [3.05, 3.63) is 59.2 Å². The van der Waals surface area contributed by atoms with Crippen molar-refractivity contribution in [1.29, 1.82) is 0 Å². The first-order chi connectivity index (χ1) is 10.8. The highest BCUT2D eigenvalue weighted by atomic mass is 32.2. The van der Waals surface area contributed by atoms with Gasteiger partial charge in [-0.05, 0) is 62.6 Å². The van der Waals surface area contributed by atoms with Gasteiger partial charge in [-0.15, -0.1) is 0 Å².